The molecule has 0 spiro atoms. The monoisotopic (exact) mass is 254 g/mol. The summed E-state index contributed by atoms with van der Waals surface area (Å²) in [5.41, 5.74) is 1.05. The molecule has 0 aliphatic rings. The van der Waals surface area contributed by atoms with Crippen molar-refractivity contribution in [1.82, 2.24) is 0 Å². The number of aliphatic hydroxyl groups is 2. The molecule has 0 bridgehead atoms. The van der Waals surface area contributed by atoms with Gasteiger partial charge in [-0.2, -0.15) is 0 Å². The van der Waals surface area contributed by atoms with E-state index in [0.29, 0.717) is 25.2 Å². The molecule has 1 aromatic carbocycles. The fourth-order valence-electron chi connectivity index (χ4n) is 1.70. The maximum Gasteiger partial charge on any atom is 0.161 e. The molecule has 2 N–H and O–H groups in total. The van der Waals surface area contributed by atoms with Crippen molar-refractivity contribution >= 4 is 0 Å². The summed E-state index contributed by atoms with van der Waals surface area (Å²) in [5, 5.41) is 18.8. The van der Waals surface area contributed by atoms with Crippen LogP contribution < -0.4 is 9.47 Å². The molecule has 0 heterocycles. The molecule has 4 nitrogen and oxygen atoms in total. The normalized spacial score (nSPS) is 14.1. The van der Waals surface area contributed by atoms with E-state index >= 15 is 0 Å². The molecule has 2 unspecified atom stereocenters. The van der Waals surface area contributed by atoms with Crippen LogP contribution in [0.3, 0.4) is 0 Å². The van der Waals surface area contributed by atoms with Crippen LogP contribution in [0.2, 0.25) is 0 Å². The third kappa shape index (κ3) is 4.20. The molecule has 0 aliphatic heterocycles. The van der Waals surface area contributed by atoms with Gasteiger partial charge in [-0.25, -0.2) is 0 Å². The Morgan fingerprint density at radius 3 is 2.50 bits per heavy atom. The van der Waals surface area contributed by atoms with Crippen LogP contribution in [0.1, 0.15) is 25.8 Å². The van der Waals surface area contributed by atoms with Gasteiger partial charge in [0.25, 0.3) is 0 Å². The lowest BCUT2D eigenvalue weighted by Crippen LogP contribution is -2.22. The minimum atomic E-state index is -0.699. The zero-order chi connectivity index (χ0) is 13.5. The average molecular weight is 254 g/mol. The van der Waals surface area contributed by atoms with Crippen molar-refractivity contribution in [1.29, 1.82) is 0 Å². The first-order valence-electron chi connectivity index (χ1n) is 6.24. The quantitative estimate of drug-likeness (QED) is 0.778. The van der Waals surface area contributed by atoms with E-state index in [1.54, 1.807) is 14.0 Å². The highest BCUT2D eigenvalue weighted by Gasteiger charge is 2.11. The number of rotatable bonds is 7. The van der Waals surface area contributed by atoms with E-state index in [9.17, 15) is 10.2 Å². The maximum atomic E-state index is 9.55. The lowest BCUT2D eigenvalue weighted by Gasteiger charge is -2.14. The van der Waals surface area contributed by atoms with Crippen LogP contribution in [0, 0.1) is 0 Å². The standard InChI is InChI=1S/C14H22O4/c1-4-18-13-8-6-11(9-14(13)17-3)5-7-12(16)10(2)15/h6,8-10,12,15-16H,4-5,7H2,1-3H3. The molecule has 0 amide bonds. The number of benzene rings is 1. The molecule has 0 saturated carbocycles. The first kappa shape index (κ1) is 14.8. The van der Waals surface area contributed by atoms with E-state index in [1.165, 1.54) is 0 Å². The minimum absolute atomic E-state index is 0.523. The molecule has 102 valence electrons. The first-order chi connectivity index (χ1) is 8.58. The van der Waals surface area contributed by atoms with Gasteiger partial charge in [0.05, 0.1) is 25.9 Å². The van der Waals surface area contributed by atoms with Gasteiger partial charge < -0.3 is 19.7 Å². The summed E-state index contributed by atoms with van der Waals surface area (Å²) >= 11 is 0. The predicted octanol–water partition coefficient (Wildman–Crippen LogP) is 1.77. The van der Waals surface area contributed by atoms with E-state index in [4.69, 9.17) is 9.47 Å². The van der Waals surface area contributed by atoms with Crippen LogP contribution in [0.15, 0.2) is 18.2 Å². The van der Waals surface area contributed by atoms with Gasteiger partial charge in [0, 0.05) is 0 Å². The van der Waals surface area contributed by atoms with Crippen molar-refractivity contribution in [2.24, 2.45) is 0 Å². The Bertz CT molecular complexity index is 363. The second-order valence-corrected chi connectivity index (χ2v) is 4.26. The van der Waals surface area contributed by atoms with E-state index in [-0.39, 0.29) is 0 Å². The Balaban J connectivity index is 2.67. The summed E-state index contributed by atoms with van der Waals surface area (Å²) < 4.78 is 10.7. The smallest absolute Gasteiger partial charge is 0.161 e. The highest BCUT2D eigenvalue weighted by atomic mass is 16.5. The molecule has 2 atom stereocenters. The summed E-state index contributed by atoms with van der Waals surface area (Å²) in [6.07, 6.45) is -0.180. The molecule has 0 aromatic heterocycles. The van der Waals surface area contributed by atoms with Crippen molar-refractivity contribution in [3.63, 3.8) is 0 Å². The van der Waals surface area contributed by atoms with Gasteiger partial charge in [-0.3, -0.25) is 0 Å². The summed E-state index contributed by atoms with van der Waals surface area (Å²) in [6.45, 7) is 4.10. The van der Waals surface area contributed by atoms with E-state index in [0.717, 1.165) is 11.3 Å². The van der Waals surface area contributed by atoms with E-state index in [2.05, 4.69) is 0 Å². The Labute approximate surface area is 108 Å². The third-order valence-electron chi connectivity index (χ3n) is 2.81. The number of hydrogen-bond donors (Lipinski definition) is 2. The molecular formula is C14H22O4. The van der Waals surface area contributed by atoms with Crippen LogP contribution in [0.4, 0.5) is 0 Å². The van der Waals surface area contributed by atoms with Crippen LogP contribution >= 0.6 is 0 Å². The van der Waals surface area contributed by atoms with Crippen LogP contribution in [0.25, 0.3) is 0 Å². The van der Waals surface area contributed by atoms with Crippen molar-refractivity contribution in [3.05, 3.63) is 23.8 Å². The van der Waals surface area contributed by atoms with Gasteiger partial charge in [0.1, 0.15) is 0 Å². The predicted molar refractivity (Wildman–Crippen MR) is 70.2 cm³/mol. The molecule has 1 aromatic rings. The lowest BCUT2D eigenvalue weighted by atomic mass is 10.0. The van der Waals surface area contributed by atoms with Crippen LogP contribution in [-0.2, 0) is 6.42 Å². The molecular weight excluding hydrogens is 232 g/mol. The fourth-order valence-corrected chi connectivity index (χ4v) is 1.70. The zero-order valence-electron chi connectivity index (χ0n) is 11.2. The maximum absolute atomic E-state index is 9.55. The van der Waals surface area contributed by atoms with Crippen LogP contribution in [-0.4, -0.2) is 36.1 Å². The van der Waals surface area contributed by atoms with Crippen molar-refractivity contribution in [2.75, 3.05) is 13.7 Å². The van der Waals surface area contributed by atoms with Crippen molar-refractivity contribution in [2.45, 2.75) is 38.9 Å². The van der Waals surface area contributed by atoms with Crippen molar-refractivity contribution < 1.29 is 19.7 Å². The van der Waals surface area contributed by atoms with Gasteiger partial charge >= 0.3 is 0 Å². The number of aryl methyl sites for hydroxylation is 1. The Kier molecular flexibility index (Phi) is 5.95. The van der Waals surface area contributed by atoms with E-state index < -0.39 is 12.2 Å². The number of aliphatic hydroxyl groups excluding tert-OH is 2. The number of ether oxygens (including phenoxy) is 2. The minimum Gasteiger partial charge on any atom is -0.493 e. The Morgan fingerprint density at radius 2 is 1.94 bits per heavy atom. The van der Waals surface area contributed by atoms with Gasteiger partial charge in [0.15, 0.2) is 11.5 Å². The molecule has 0 saturated heterocycles. The number of methoxy groups -OCH3 is 1. The second-order valence-electron chi connectivity index (χ2n) is 4.26. The summed E-state index contributed by atoms with van der Waals surface area (Å²) in [5.74, 6) is 1.42. The Morgan fingerprint density at radius 1 is 1.22 bits per heavy atom. The molecule has 0 aliphatic carbocycles. The molecule has 1 rings (SSSR count). The summed E-state index contributed by atoms with van der Waals surface area (Å²) in [4.78, 5) is 0. The Hall–Kier alpha value is -1.26. The van der Waals surface area contributed by atoms with Gasteiger partial charge in [-0.1, -0.05) is 6.07 Å². The summed E-state index contributed by atoms with van der Waals surface area (Å²) in [7, 11) is 1.60. The zero-order valence-corrected chi connectivity index (χ0v) is 11.2. The first-order valence-corrected chi connectivity index (χ1v) is 6.24. The van der Waals surface area contributed by atoms with Crippen molar-refractivity contribution in [3.8, 4) is 11.5 Å². The largest absolute Gasteiger partial charge is 0.493 e. The molecule has 0 radical (unpaired) electrons. The molecule has 0 fully saturated rings. The SMILES string of the molecule is CCOc1ccc(CCC(O)C(C)O)cc1OC. The molecule has 18 heavy (non-hydrogen) atoms. The summed E-state index contributed by atoms with van der Waals surface area (Å²) in [6, 6.07) is 5.72. The average Bonchev–Trinajstić information content (AvgIpc) is 2.37. The fraction of sp³-hybridized carbons (Fsp3) is 0.571. The van der Waals surface area contributed by atoms with E-state index in [1.807, 2.05) is 25.1 Å². The highest BCUT2D eigenvalue weighted by Crippen LogP contribution is 2.28. The van der Waals surface area contributed by atoms with Gasteiger partial charge in [0.2, 0.25) is 0 Å². The lowest BCUT2D eigenvalue weighted by molar-refractivity contribution is 0.0265. The topological polar surface area (TPSA) is 58.9 Å². The number of hydrogen-bond acceptors (Lipinski definition) is 4. The highest BCUT2D eigenvalue weighted by molar-refractivity contribution is 5.43. The molecule has 4 heteroatoms. The van der Waals surface area contributed by atoms with Gasteiger partial charge in [-0.05, 0) is 44.4 Å². The third-order valence-corrected chi connectivity index (χ3v) is 2.81. The van der Waals surface area contributed by atoms with Gasteiger partial charge in [-0.15, -0.1) is 0 Å². The second kappa shape index (κ2) is 7.24. The van der Waals surface area contributed by atoms with Crippen LogP contribution in [0.5, 0.6) is 11.5 Å².